The molecule has 88 valence electrons. The molecular weight excluding hydrogens is 218 g/mol. The van der Waals surface area contributed by atoms with Crippen molar-refractivity contribution >= 4 is 23.2 Å². The molecule has 0 radical (unpaired) electrons. The molecule has 2 aromatic rings. The standard InChI is InChI=1S/C12H13N3O2/c1-8(17)13-6-5-11-14-10-4-2-3-9(7-16)12(10)15-11/h2-4,7H,5-6H2,1H3,(H,13,17)(H,14,15). The summed E-state index contributed by atoms with van der Waals surface area (Å²) in [5.41, 5.74) is 2.09. The number of nitrogens with zero attached hydrogens (tertiary/aromatic N) is 1. The van der Waals surface area contributed by atoms with E-state index in [4.69, 9.17) is 0 Å². The molecule has 0 unspecified atom stereocenters. The molecule has 1 aromatic heterocycles. The van der Waals surface area contributed by atoms with E-state index in [0.717, 1.165) is 17.6 Å². The molecule has 17 heavy (non-hydrogen) atoms. The second-order valence-corrected chi connectivity index (χ2v) is 3.78. The van der Waals surface area contributed by atoms with Crippen molar-refractivity contribution in [2.24, 2.45) is 0 Å². The molecule has 0 aliphatic heterocycles. The molecule has 5 nitrogen and oxygen atoms in total. The van der Waals surface area contributed by atoms with E-state index >= 15 is 0 Å². The third-order valence-corrected chi connectivity index (χ3v) is 2.46. The van der Waals surface area contributed by atoms with Gasteiger partial charge in [-0.1, -0.05) is 6.07 Å². The molecule has 0 saturated carbocycles. The van der Waals surface area contributed by atoms with Crippen molar-refractivity contribution in [2.45, 2.75) is 13.3 Å². The molecular formula is C12H13N3O2. The second kappa shape index (κ2) is 4.78. The van der Waals surface area contributed by atoms with Crippen LogP contribution in [0.5, 0.6) is 0 Å². The lowest BCUT2D eigenvalue weighted by Gasteiger charge is -1.97. The van der Waals surface area contributed by atoms with Crippen LogP contribution in [-0.2, 0) is 11.2 Å². The molecule has 1 amide bonds. The first-order valence-electron chi connectivity index (χ1n) is 5.38. The minimum Gasteiger partial charge on any atom is -0.356 e. The highest BCUT2D eigenvalue weighted by Gasteiger charge is 2.06. The number of H-pyrrole nitrogens is 1. The van der Waals surface area contributed by atoms with E-state index in [1.54, 1.807) is 6.07 Å². The molecule has 0 saturated heterocycles. The van der Waals surface area contributed by atoms with Gasteiger partial charge < -0.3 is 10.3 Å². The van der Waals surface area contributed by atoms with Crippen molar-refractivity contribution in [3.8, 4) is 0 Å². The molecule has 0 bridgehead atoms. The Labute approximate surface area is 98.2 Å². The van der Waals surface area contributed by atoms with Gasteiger partial charge in [0.05, 0.1) is 11.0 Å². The van der Waals surface area contributed by atoms with Crippen LogP contribution in [0, 0.1) is 0 Å². The fourth-order valence-electron chi connectivity index (χ4n) is 1.68. The number of rotatable bonds is 4. The number of hydrogen-bond acceptors (Lipinski definition) is 3. The Morgan fingerprint density at radius 3 is 3.06 bits per heavy atom. The maximum absolute atomic E-state index is 10.8. The molecule has 5 heteroatoms. The predicted octanol–water partition coefficient (Wildman–Crippen LogP) is 1.05. The Bertz CT molecular complexity index is 560. The van der Waals surface area contributed by atoms with Gasteiger partial charge in [0.25, 0.3) is 0 Å². The molecule has 2 N–H and O–H groups in total. The number of imidazole rings is 1. The fourth-order valence-corrected chi connectivity index (χ4v) is 1.68. The molecule has 0 fully saturated rings. The first kappa shape index (κ1) is 11.3. The molecule has 0 aliphatic rings. The van der Waals surface area contributed by atoms with Crippen LogP contribution >= 0.6 is 0 Å². The van der Waals surface area contributed by atoms with Crippen LogP contribution in [0.1, 0.15) is 23.1 Å². The van der Waals surface area contributed by atoms with Gasteiger partial charge in [-0.2, -0.15) is 0 Å². The van der Waals surface area contributed by atoms with E-state index in [-0.39, 0.29) is 5.91 Å². The van der Waals surface area contributed by atoms with Crippen molar-refractivity contribution in [1.29, 1.82) is 0 Å². The summed E-state index contributed by atoms with van der Waals surface area (Å²) in [4.78, 5) is 29.0. The summed E-state index contributed by atoms with van der Waals surface area (Å²) in [7, 11) is 0. The minimum absolute atomic E-state index is 0.0605. The van der Waals surface area contributed by atoms with E-state index in [1.807, 2.05) is 12.1 Å². The van der Waals surface area contributed by atoms with Gasteiger partial charge in [0.1, 0.15) is 5.82 Å². The van der Waals surface area contributed by atoms with Gasteiger partial charge in [-0.05, 0) is 12.1 Å². The van der Waals surface area contributed by atoms with Crippen LogP contribution in [0.4, 0.5) is 0 Å². The van der Waals surface area contributed by atoms with E-state index in [9.17, 15) is 9.59 Å². The number of aldehydes is 1. The van der Waals surface area contributed by atoms with Gasteiger partial charge >= 0.3 is 0 Å². The van der Waals surface area contributed by atoms with Crippen molar-refractivity contribution in [1.82, 2.24) is 15.3 Å². The zero-order chi connectivity index (χ0) is 12.3. The highest BCUT2D eigenvalue weighted by atomic mass is 16.1. The Morgan fingerprint density at radius 2 is 2.35 bits per heavy atom. The zero-order valence-corrected chi connectivity index (χ0v) is 9.49. The summed E-state index contributed by atoms with van der Waals surface area (Å²) in [6.07, 6.45) is 1.41. The van der Waals surface area contributed by atoms with Crippen molar-refractivity contribution < 1.29 is 9.59 Å². The molecule has 1 aromatic carbocycles. The van der Waals surface area contributed by atoms with Gasteiger partial charge in [-0.3, -0.25) is 9.59 Å². The van der Waals surface area contributed by atoms with Gasteiger partial charge in [-0.25, -0.2) is 4.98 Å². The van der Waals surface area contributed by atoms with Crippen LogP contribution in [-0.4, -0.2) is 28.7 Å². The third-order valence-electron chi connectivity index (χ3n) is 2.46. The first-order chi connectivity index (χ1) is 8.20. The number of nitrogens with one attached hydrogen (secondary N) is 2. The summed E-state index contributed by atoms with van der Waals surface area (Å²) in [6, 6.07) is 5.41. The van der Waals surface area contributed by atoms with Crippen molar-refractivity contribution in [3.05, 3.63) is 29.6 Å². The summed E-state index contributed by atoms with van der Waals surface area (Å²) in [6.45, 7) is 2.01. The normalized spacial score (nSPS) is 10.4. The SMILES string of the molecule is CC(=O)NCCc1nc2c(C=O)cccc2[nH]1. The highest BCUT2D eigenvalue weighted by Crippen LogP contribution is 2.14. The average Bonchev–Trinajstić information content (AvgIpc) is 2.70. The van der Waals surface area contributed by atoms with Gasteiger partial charge in [-0.15, -0.1) is 0 Å². The van der Waals surface area contributed by atoms with E-state index < -0.39 is 0 Å². The summed E-state index contributed by atoms with van der Waals surface area (Å²) in [5, 5.41) is 2.70. The number of carbonyl (C=O) groups is 2. The second-order valence-electron chi connectivity index (χ2n) is 3.78. The van der Waals surface area contributed by atoms with Crippen LogP contribution in [0.15, 0.2) is 18.2 Å². The number of benzene rings is 1. The summed E-state index contributed by atoms with van der Waals surface area (Å²) >= 11 is 0. The fraction of sp³-hybridized carbons (Fsp3) is 0.250. The summed E-state index contributed by atoms with van der Waals surface area (Å²) < 4.78 is 0. The number of amides is 1. The largest absolute Gasteiger partial charge is 0.356 e. The van der Waals surface area contributed by atoms with Gasteiger partial charge in [0, 0.05) is 25.5 Å². The van der Waals surface area contributed by atoms with Crippen molar-refractivity contribution in [2.75, 3.05) is 6.54 Å². The molecule has 0 aliphatic carbocycles. The summed E-state index contributed by atoms with van der Waals surface area (Å²) in [5.74, 6) is 0.706. The lowest BCUT2D eigenvalue weighted by molar-refractivity contribution is -0.118. The highest BCUT2D eigenvalue weighted by molar-refractivity contribution is 5.94. The number of fused-ring (bicyclic) bond motifs is 1. The zero-order valence-electron chi connectivity index (χ0n) is 9.49. The monoisotopic (exact) mass is 231 g/mol. The van der Waals surface area contributed by atoms with E-state index in [0.29, 0.717) is 24.0 Å². The Morgan fingerprint density at radius 1 is 1.53 bits per heavy atom. The number of para-hydroxylation sites is 1. The number of aromatic amines is 1. The Kier molecular flexibility index (Phi) is 3.18. The van der Waals surface area contributed by atoms with Crippen LogP contribution < -0.4 is 5.32 Å². The molecule has 0 atom stereocenters. The van der Waals surface area contributed by atoms with Crippen LogP contribution in [0.3, 0.4) is 0 Å². The molecule has 1 heterocycles. The maximum Gasteiger partial charge on any atom is 0.216 e. The van der Waals surface area contributed by atoms with Crippen LogP contribution in [0.2, 0.25) is 0 Å². The van der Waals surface area contributed by atoms with E-state index in [2.05, 4.69) is 15.3 Å². The lowest BCUT2D eigenvalue weighted by atomic mass is 10.2. The number of aromatic nitrogens is 2. The topological polar surface area (TPSA) is 74.8 Å². The number of hydrogen-bond donors (Lipinski definition) is 2. The quantitative estimate of drug-likeness (QED) is 0.772. The average molecular weight is 231 g/mol. The molecule has 2 rings (SSSR count). The maximum atomic E-state index is 10.8. The smallest absolute Gasteiger partial charge is 0.216 e. The van der Waals surface area contributed by atoms with Gasteiger partial charge in [0.15, 0.2) is 6.29 Å². The Hall–Kier alpha value is -2.17. The van der Waals surface area contributed by atoms with Gasteiger partial charge in [0.2, 0.25) is 5.91 Å². The van der Waals surface area contributed by atoms with Crippen molar-refractivity contribution in [3.63, 3.8) is 0 Å². The van der Waals surface area contributed by atoms with E-state index in [1.165, 1.54) is 6.92 Å². The Balaban J connectivity index is 2.20. The first-order valence-corrected chi connectivity index (χ1v) is 5.38. The minimum atomic E-state index is -0.0605. The third kappa shape index (κ3) is 2.50. The predicted molar refractivity (Wildman–Crippen MR) is 63.9 cm³/mol. The van der Waals surface area contributed by atoms with Crippen LogP contribution in [0.25, 0.3) is 11.0 Å². The molecule has 0 spiro atoms. The number of carbonyl (C=O) groups excluding carboxylic acids is 2. The lowest BCUT2D eigenvalue weighted by Crippen LogP contribution is -2.22.